The van der Waals surface area contributed by atoms with Crippen molar-refractivity contribution in [3.63, 3.8) is 0 Å². The van der Waals surface area contributed by atoms with E-state index in [1.807, 2.05) is 11.8 Å². The van der Waals surface area contributed by atoms with Crippen LogP contribution >= 0.6 is 0 Å². The van der Waals surface area contributed by atoms with Crippen LogP contribution in [0.25, 0.3) is 22.4 Å². The minimum atomic E-state index is -1.06. The highest BCUT2D eigenvalue weighted by atomic mass is 19.1. The number of benzene rings is 1. The average molecular weight is 523 g/mol. The van der Waals surface area contributed by atoms with E-state index in [0.717, 1.165) is 42.9 Å². The number of hydrogen-bond acceptors (Lipinski definition) is 7. The number of anilines is 1. The molecular weight excluding hydrogens is 490 g/mol. The van der Waals surface area contributed by atoms with Gasteiger partial charge < -0.3 is 19.9 Å². The third-order valence-corrected chi connectivity index (χ3v) is 8.46. The second kappa shape index (κ2) is 8.83. The molecule has 1 aliphatic carbocycles. The molecule has 38 heavy (non-hydrogen) atoms. The molecule has 4 atom stereocenters. The smallest absolute Gasteiger partial charge is 0.251 e. The highest BCUT2D eigenvalue weighted by Crippen LogP contribution is 2.46. The van der Waals surface area contributed by atoms with Crippen LogP contribution < -0.4 is 15.8 Å². The van der Waals surface area contributed by atoms with Crippen LogP contribution in [0.15, 0.2) is 41.5 Å². The summed E-state index contributed by atoms with van der Waals surface area (Å²) in [6, 6.07) is 5.65. The molecule has 200 valence electrons. The number of aromatic nitrogens is 4. The second-order valence-electron chi connectivity index (χ2n) is 11.6. The van der Waals surface area contributed by atoms with E-state index < -0.39 is 17.5 Å². The van der Waals surface area contributed by atoms with Crippen molar-refractivity contribution >= 4 is 5.95 Å². The van der Waals surface area contributed by atoms with Crippen molar-refractivity contribution in [2.45, 2.75) is 81.7 Å². The Labute approximate surface area is 219 Å². The van der Waals surface area contributed by atoms with Crippen LogP contribution in [0.5, 0.6) is 5.75 Å². The Morgan fingerprint density at radius 3 is 2.63 bits per heavy atom. The van der Waals surface area contributed by atoms with E-state index in [-0.39, 0.29) is 34.5 Å². The molecule has 1 saturated carbocycles. The predicted octanol–water partition coefficient (Wildman–Crippen LogP) is 4.12. The molecule has 0 amide bonds. The molecule has 0 spiro atoms. The zero-order chi connectivity index (χ0) is 26.8. The molecule has 1 aromatic carbocycles. The van der Waals surface area contributed by atoms with Crippen molar-refractivity contribution in [3.05, 3.63) is 52.8 Å². The normalized spacial score (nSPS) is 28.8. The Hall–Kier alpha value is -3.40. The summed E-state index contributed by atoms with van der Waals surface area (Å²) in [6.45, 7) is 4.17. The molecule has 2 aliphatic heterocycles. The van der Waals surface area contributed by atoms with Crippen LogP contribution in [-0.4, -0.2) is 54.2 Å². The molecule has 10 heteroatoms. The fourth-order valence-corrected chi connectivity index (χ4v) is 6.43. The molecule has 2 aromatic heterocycles. The molecule has 3 fully saturated rings. The monoisotopic (exact) mass is 522 g/mol. The number of fused-ring (bicyclic) bond motifs is 2. The van der Waals surface area contributed by atoms with Gasteiger partial charge in [-0.05, 0) is 70.1 Å². The van der Waals surface area contributed by atoms with Gasteiger partial charge in [0.2, 0.25) is 5.95 Å². The highest BCUT2D eigenvalue weighted by Gasteiger charge is 2.56. The third kappa shape index (κ3) is 4.24. The van der Waals surface area contributed by atoms with E-state index in [2.05, 4.69) is 27.4 Å². The van der Waals surface area contributed by atoms with Crippen molar-refractivity contribution in [3.8, 4) is 28.1 Å². The number of alkyl halides is 1. The Balaban J connectivity index is 1.29. The summed E-state index contributed by atoms with van der Waals surface area (Å²) in [7, 11) is 1.47. The minimum Gasteiger partial charge on any atom is -0.507 e. The summed E-state index contributed by atoms with van der Waals surface area (Å²) in [6.07, 6.45) is 7.02. The van der Waals surface area contributed by atoms with E-state index in [0.29, 0.717) is 29.2 Å². The predicted molar refractivity (Wildman–Crippen MR) is 140 cm³/mol. The lowest BCUT2D eigenvalue weighted by molar-refractivity contribution is 0.0000874. The maximum atomic E-state index is 16.0. The van der Waals surface area contributed by atoms with Gasteiger partial charge in [0.1, 0.15) is 23.4 Å². The highest BCUT2D eigenvalue weighted by molar-refractivity contribution is 5.74. The van der Waals surface area contributed by atoms with Gasteiger partial charge in [-0.15, -0.1) is 10.2 Å². The number of hydrogen-bond donors (Lipinski definition) is 2. The van der Waals surface area contributed by atoms with Crippen LogP contribution in [0.3, 0.4) is 0 Å². The zero-order valence-corrected chi connectivity index (χ0v) is 21.8. The maximum Gasteiger partial charge on any atom is 0.251 e. The summed E-state index contributed by atoms with van der Waals surface area (Å²) in [5.74, 6) is -0.308. The fourth-order valence-electron chi connectivity index (χ4n) is 6.43. The van der Waals surface area contributed by atoms with Gasteiger partial charge in [-0.3, -0.25) is 4.79 Å². The van der Waals surface area contributed by atoms with E-state index in [1.165, 1.54) is 25.4 Å². The van der Waals surface area contributed by atoms with Gasteiger partial charge in [-0.2, -0.15) is 0 Å². The number of phenolic OH excluding ortho intramolecular Hbond substituents is 1. The summed E-state index contributed by atoms with van der Waals surface area (Å²) >= 11 is 0. The van der Waals surface area contributed by atoms with E-state index in [9.17, 15) is 14.3 Å². The summed E-state index contributed by atoms with van der Waals surface area (Å²) in [5, 5.41) is 23.0. The van der Waals surface area contributed by atoms with Crippen LogP contribution in [0.1, 0.15) is 52.4 Å². The number of halogens is 2. The molecule has 0 radical (unpaired) electrons. The van der Waals surface area contributed by atoms with Crippen molar-refractivity contribution in [1.29, 1.82) is 0 Å². The van der Waals surface area contributed by atoms with Gasteiger partial charge in [0.15, 0.2) is 0 Å². The standard InChI is InChI=1S/C28H32F2N6O2/c1-27-9-4-10-28(2,34-27)25(30)22(13-27)36(17-6-7-17)26-31-14-21(32-33-26)18-8-5-16(11-23(18)37)19-12-24(38)35(3)15-20(19)29/h5,8,11-12,14-15,17,22,25,34,37H,4,6-7,9-10,13H2,1-3H3/t22-,25-,27-,28+/m1/s1. The number of nitrogens with one attached hydrogen (secondary N) is 1. The van der Waals surface area contributed by atoms with Crippen LogP contribution in [0.2, 0.25) is 0 Å². The number of piperidine rings is 2. The average Bonchev–Trinajstić information content (AvgIpc) is 3.70. The second-order valence-corrected chi connectivity index (χ2v) is 11.6. The number of rotatable bonds is 5. The lowest BCUT2D eigenvalue weighted by Crippen LogP contribution is -2.73. The van der Waals surface area contributed by atoms with E-state index in [1.54, 1.807) is 12.1 Å². The van der Waals surface area contributed by atoms with Crippen molar-refractivity contribution in [2.24, 2.45) is 7.05 Å². The van der Waals surface area contributed by atoms with Crippen molar-refractivity contribution in [2.75, 3.05) is 4.90 Å². The molecule has 2 N–H and O–H groups in total. The van der Waals surface area contributed by atoms with Crippen molar-refractivity contribution < 1.29 is 13.9 Å². The molecular formula is C28H32F2N6O2. The summed E-state index contributed by atoms with van der Waals surface area (Å²) in [5.41, 5.74) is 0.129. The lowest BCUT2D eigenvalue weighted by Gasteiger charge is -2.57. The number of phenols is 1. The Bertz CT molecular complexity index is 1440. The molecule has 3 aliphatic rings. The zero-order valence-electron chi connectivity index (χ0n) is 21.8. The van der Waals surface area contributed by atoms with Gasteiger partial charge in [0, 0.05) is 47.6 Å². The molecule has 6 rings (SSSR count). The first-order valence-corrected chi connectivity index (χ1v) is 13.2. The summed E-state index contributed by atoms with van der Waals surface area (Å²) in [4.78, 5) is 18.6. The summed E-state index contributed by atoms with van der Waals surface area (Å²) < 4.78 is 31.6. The Kier molecular flexibility index (Phi) is 5.79. The Morgan fingerprint density at radius 1 is 1.16 bits per heavy atom. The van der Waals surface area contributed by atoms with Crippen LogP contribution in [-0.2, 0) is 7.05 Å². The Morgan fingerprint density at radius 2 is 1.95 bits per heavy atom. The van der Waals surface area contributed by atoms with E-state index >= 15 is 4.39 Å². The first-order chi connectivity index (χ1) is 18.1. The SMILES string of the molecule is Cn1cc(F)c(-c2ccc(-c3cnc(N(C4CC4)[C@@H]4C[C@@]5(C)CCC[C@](C)(N5)[C@@H]4F)nn3)c(O)c2)cc1=O. The van der Waals surface area contributed by atoms with E-state index in [4.69, 9.17) is 0 Å². The van der Waals surface area contributed by atoms with Gasteiger partial charge in [-0.1, -0.05) is 6.07 Å². The molecule has 2 saturated heterocycles. The maximum absolute atomic E-state index is 16.0. The molecule has 0 unspecified atom stereocenters. The molecule has 2 bridgehead atoms. The minimum absolute atomic E-state index is 0.101. The van der Waals surface area contributed by atoms with Gasteiger partial charge in [0.05, 0.1) is 12.2 Å². The molecule has 3 aromatic rings. The van der Waals surface area contributed by atoms with Gasteiger partial charge >= 0.3 is 0 Å². The first-order valence-electron chi connectivity index (χ1n) is 13.2. The first kappa shape index (κ1) is 24.9. The largest absolute Gasteiger partial charge is 0.507 e. The lowest BCUT2D eigenvalue weighted by atomic mass is 9.68. The topological polar surface area (TPSA) is 96.2 Å². The van der Waals surface area contributed by atoms with Gasteiger partial charge in [-0.25, -0.2) is 13.8 Å². The third-order valence-electron chi connectivity index (χ3n) is 8.46. The van der Waals surface area contributed by atoms with Gasteiger partial charge in [0.25, 0.3) is 5.56 Å². The van der Waals surface area contributed by atoms with Crippen LogP contribution in [0, 0.1) is 5.82 Å². The van der Waals surface area contributed by atoms with Crippen molar-refractivity contribution in [1.82, 2.24) is 25.1 Å². The number of nitrogens with zero attached hydrogens (tertiary/aromatic N) is 5. The van der Waals surface area contributed by atoms with Crippen LogP contribution in [0.4, 0.5) is 14.7 Å². The number of aromatic hydroxyl groups is 1. The fraction of sp³-hybridized carbons (Fsp3) is 0.500. The molecule has 4 heterocycles. The quantitative estimate of drug-likeness (QED) is 0.521. The number of pyridine rings is 1. The molecule has 8 nitrogen and oxygen atoms in total. The number of aryl methyl sites for hydroxylation is 1.